The summed E-state index contributed by atoms with van der Waals surface area (Å²) in [4.78, 5) is 23.4. The molecule has 1 rings (SSSR count). The average Bonchev–Trinajstić information content (AvgIpc) is 2.75. The van der Waals surface area contributed by atoms with Crippen molar-refractivity contribution in [2.24, 2.45) is 5.92 Å². The van der Waals surface area contributed by atoms with Crippen molar-refractivity contribution in [2.75, 3.05) is 0 Å². The van der Waals surface area contributed by atoms with Crippen LogP contribution in [0.15, 0.2) is 30.3 Å². The fourth-order valence-corrected chi connectivity index (χ4v) is 3.73. The molecule has 4 heteroatoms. The molecule has 0 bridgehead atoms. The van der Waals surface area contributed by atoms with Crippen molar-refractivity contribution in [3.63, 3.8) is 0 Å². The highest BCUT2D eigenvalue weighted by Gasteiger charge is 2.18. The molecule has 0 aromatic heterocycles. The quantitative estimate of drug-likeness (QED) is 0.189. The van der Waals surface area contributed by atoms with Gasteiger partial charge in [-0.25, -0.2) is 0 Å². The van der Waals surface area contributed by atoms with E-state index in [2.05, 4.69) is 6.92 Å². The van der Waals surface area contributed by atoms with Crippen LogP contribution in [0.5, 0.6) is 0 Å². The molecule has 1 unspecified atom stereocenters. The van der Waals surface area contributed by atoms with E-state index in [1.807, 2.05) is 30.3 Å². The SMILES string of the molecule is CCCCCCCCCCCCCCC(CCC(=O)OCc1ccccc1)C(=O)O. The molecular formula is C26H42O4. The topological polar surface area (TPSA) is 63.6 Å². The van der Waals surface area contributed by atoms with Gasteiger partial charge in [0.1, 0.15) is 6.61 Å². The van der Waals surface area contributed by atoms with E-state index in [9.17, 15) is 14.7 Å². The van der Waals surface area contributed by atoms with E-state index < -0.39 is 11.9 Å². The maximum Gasteiger partial charge on any atom is 0.306 e. The molecule has 0 saturated heterocycles. The number of carbonyl (C=O) groups excluding carboxylic acids is 1. The van der Waals surface area contributed by atoms with Crippen molar-refractivity contribution in [1.29, 1.82) is 0 Å². The second-order valence-electron chi connectivity index (χ2n) is 8.40. The van der Waals surface area contributed by atoms with Crippen molar-refractivity contribution in [3.8, 4) is 0 Å². The van der Waals surface area contributed by atoms with Gasteiger partial charge in [0, 0.05) is 6.42 Å². The second kappa shape index (κ2) is 18.0. The van der Waals surface area contributed by atoms with Crippen LogP contribution < -0.4 is 0 Å². The molecule has 0 saturated carbocycles. The van der Waals surface area contributed by atoms with Gasteiger partial charge in [0.05, 0.1) is 5.92 Å². The summed E-state index contributed by atoms with van der Waals surface area (Å²) in [5.41, 5.74) is 0.942. The van der Waals surface area contributed by atoms with Gasteiger partial charge in [-0.1, -0.05) is 114 Å². The maximum atomic E-state index is 11.9. The van der Waals surface area contributed by atoms with Crippen molar-refractivity contribution in [2.45, 2.75) is 110 Å². The predicted molar refractivity (Wildman–Crippen MR) is 122 cm³/mol. The summed E-state index contributed by atoms with van der Waals surface area (Å²) in [6, 6.07) is 9.52. The van der Waals surface area contributed by atoms with Crippen LogP contribution in [-0.4, -0.2) is 17.0 Å². The number of hydrogen-bond acceptors (Lipinski definition) is 3. The Morgan fingerprint density at radius 3 is 1.87 bits per heavy atom. The Bertz CT molecular complexity index is 555. The molecule has 0 aliphatic rings. The minimum Gasteiger partial charge on any atom is -0.481 e. The molecule has 1 N–H and O–H groups in total. The summed E-state index contributed by atoms with van der Waals surface area (Å²) in [5.74, 6) is -1.56. The smallest absolute Gasteiger partial charge is 0.306 e. The number of aliphatic carboxylic acids is 1. The first-order valence-electron chi connectivity index (χ1n) is 12.1. The van der Waals surface area contributed by atoms with Crippen molar-refractivity contribution < 1.29 is 19.4 Å². The maximum absolute atomic E-state index is 11.9. The lowest BCUT2D eigenvalue weighted by Gasteiger charge is -2.12. The molecule has 0 heterocycles. The zero-order valence-electron chi connectivity index (χ0n) is 18.9. The van der Waals surface area contributed by atoms with Gasteiger partial charge in [-0.15, -0.1) is 0 Å². The van der Waals surface area contributed by atoms with E-state index in [-0.39, 0.29) is 19.0 Å². The third-order valence-corrected chi connectivity index (χ3v) is 5.69. The highest BCUT2D eigenvalue weighted by atomic mass is 16.5. The van der Waals surface area contributed by atoms with Crippen molar-refractivity contribution in [3.05, 3.63) is 35.9 Å². The fourth-order valence-electron chi connectivity index (χ4n) is 3.73. The minimum atomic E-state index is -0.797. The van der Waals surface area contributed by atoms with Gasteiger partial charge in [0.25, 0.3) is 0 Å². The number of esters is 1. The first-order chi connectivity index (χ1) is 14.6. The molecule has 1 atom stereocenters. The van der Waals surface area contributed by atoms with E-state index in [1.165, 1.54) is 64.2 Å². The van der Waals surface area contributed by atoms with Crippen LogP contribution >= 0.6 is 0 Å². The number of carbonyl (C=O) groups is 2. The number of carboxylic acid groups (broad SMARTS) is 1. The lowest BCUT2D eigenvalue weighted by molar-refractivity contribution is -0.146. The highest BCUT2D eigenvalue weighted by Crippen LogP contribution is 2.18. The highest BCUT2D eigenvalue weighted by molar-refractivity contribution is 5.73. The molecular weight excluding hydrogens is 376 g/mol. The van der Waals surface area contributed by atoms with Crippen LogP contribution in [0.3, 0.4) is 0 Å². The molecule has 1 aromatic rings. The summed E-state index contributed by atoms with van der Waals surface area (Å²) in [7, 11) is 0. The summed E-state index contributed by atoms with van der Waals surface area (Å²) in [5, 5.41) is 9.42. The van der Waals surface area contributed by atoms with E-state index in [0.29, 0.717) is 12.8 Å². The molecule has 0 amide bonds. The third kappa shape index (κ3) is 14.2. The minimum absolute atomic E-state index is 0.169. The number of carboxylic acids is 1. The summed E-state index contributed by atoms with van der Waals surface area (Å²) < 4.78 is 5.24. The van der Waals surface area contributed by atoms with Crippen LogP contribution in [0.2, 0.25) is 0 Å². The number of benzene rings is 1. The largest absolute Gasteiger partial charge is 0.481 e. The molecule has 1 aromatic carbocycles. The normalized spacial score (nSPS) is 11.9. The van der Waals surface area contributed by atoms with Gasteiger partial charge in [-0.05, 0) is 18.4 Å². The predicted octanol–water partition coefficient (Wildman–Crippen LogP) is 7.30. The summed E-state index contributed by atoms with van der Waals surface area (Å²) >= 11 is 0. The molecule has 0 fully saturated rings. The number of hydrogen-bond donors (Lipinski definition) is 1. The van der Waals surface area contributed by atoms with E-state index >= 15 is 0 Å². The Balaban J connectivity index is 2.02. The molecule has 170 valence electrons. The van der Waals surface area contributed by atoms with Crippen LogP contribution in [0.25, 0.3) is 0 Å². The van der Waals surface area contributed by atoms with Crippen LogP contribution in [0, 0.1) is 5.92 Å². The van der Waals surface area contributed by atoms with E-state index in [0.717, 1.165) is 18.4 Å². The summed E-state index contributed by atoms with van der Waals surface area (Å²) in [6.45, 7) is 2.50. The third-order valence-electron chi connectivity index (χ3n) is 5.69. The van der Waals surface area contributed by atoms with E-state index in [1.54, 1.807) is 0 Å². The second-order valence-corrected chi connectivity index (χ2v) is 8.40. The van der Waals surface area contributed by atoms with Crippen LogP contribution in [0.4, 0.5) is 0 Å². The Labute approximate surface area is 183 Å². The molecule has 0 radical (unpaired) electrons. The van der Waals surface area contributed by atoms with Crippen LogP contribution in [-0.2, 0) is 20.9 Å². The van der Waals surface area contributed by atoms with Gasteiger partial charge in [-0.3, -0.25) is 9.59 Å². The molecule has 0 aliphatic carbocycles. The lowest BCUT2D eigenvalue weighted by atomic mass is 9.95. The average molecular weight is 419 g/mol. The van der Waals surface area contributed by atoms with Crippen LogP contribution in [0.1, 0.15) is 109 Å². The zero-order valence-corrected chi connectivity index (χ0v) is 18.9. The van der Waals surface area contributed by atoms with Gasteiger partial charge in [0.2, 0.25) is 0 Å². The van der Waals surface area contributed by atoms with Gasteiger partial charge in [0.15, 0.2) is 0 Å². The first-order valence-corrected chi connectivity index (χ1v) is 12.1. The molecule has 0 aliphatic heterocycles. The van der Waals surface area contributed by atoms with E-state index in [4.69, 9.17) is 4.74 Å². The monoisotopic (exact) mass is 418 g/mol. The fraction of sp³-hybridized carbons (Fsp3) is 0.692. The molecule has 30 heavy (non-hydrogen) atoms. The zero-order chi connectivity index (χ0) is 21.9. The Morgan fingerprint density at radius 1 is 0.800 bits per heavy atom. The number of ether oxygens (including phenoxy) is 1. The van der Waals surface area contributed by atoms with Crippen molar-refractivity contribution >= 4 is 11.9 Å². The Hall–Kier alpha value is -1.84. The van der Waals surface area contributed by atoms with Gasteiger partial charge in [-0.2, -0.15) is 0 Å². The van der Waals surface area contributed by atoms with Gasteiger partial charge >= 0.3 is 11.9 Å². The lowest BCUT2D eigenvalue weighted by Crippen LogP contribution is -2.16. The molecule has 4 nitrogen and oxygen atoms in total. The first kappa shape index (κ1) is 26.2. The number of unbranched alkanes of at least 4 members (excludes halogenated alkanes) is 11. The Kier molecular flexibility index (Phi) is 15.7. The summed E-state index contributed by atoms with van der Waals surface area (Å²) in [6.07, 6.45) is 16.4. The number of rotatable bonds is 19. The Morgan fingerprint density at radius 2 is 1.33 bits per heavy atom. The standard InChI is InChI=1S/C26H42O4/c1-2-3-4-5-6-7-8-9-10-11-12-16-19-24(26(28)29)20-21-25(27)30-22-23-17-14-13-15-18-23/h13-15,17-18,24H,2-12,16,19-22H2,1H3,(H,28,29). The van der Waals surface area contributed by atoms with Crippen molar-refractivity contribution in [1.82, 2.24) is 0 Å². The van der Waals surface area contributed by atoms with Gasteiger partial charge < -0.3 is 9.84 Å². The molecule has 0 spiro atoms.